The molecule has 0 aliphatic carbocycles. The maximum absolute atomic E-state index is 14.8. The predicted octanol–water partition coefficient (Wildman–Crippen LogP) is 0.422. The van der Waals surface area contributed by atoms with Gasteiger partial charge in [0.05, 0.1) is 12.6 Å². The third-order valence-corrected chi connectivity index (χ3v) is 21.0. The highest BCUT2D eigenvalue weighted by molar-refractivity contribution is 5.85. The summed E-state index contributed by atoms with van der Waals surface area (Å²) < 4.78 is 90.1. The third kappa shape index (κ3) is 49.7. The molecule has 3 saturated heterocycles. The van der Waals surface area contributed by atoms with E-state index in [-0.39, 0.29) is 166 Å². The Kier molecular flexibility index (Phi) is 57.6. The number of unbranched alkanes of at least 4 members (excludes halogenated alkanes) is 7. The first-order chi connectivity index (χ1) is 65.7. The van der Waals surface area contributed by atoms with Crippen LogP contribution in [0.5, 0.6) is 0 Å². The van der Waals surface area contributed by atoms with Crippen LogP contribution in [0.4, 0.5) is 0 Å². The number of hydrogen-bond acceptors (Lipinski definition) is 38. The van der Waals surface area contributed by atoms with Crippen LogP contribution in [0.15, 0.2) is 30.3 Å². The van der Waals surface area contributed by atoms with Gasteiger partial charge in [-0.25, -0.2) is 0 Å². The SMILES string of the molecule is CC(=O)NC1C(OCCCCCC(=O)NCCCNC(=O)CN(C(C=O)NCCCNC(=O)CCCCCOC2OC(COC(C)=O)C(OC(C)=O)C(OC(C)=O)C2NC(C)=O)C(CCCCNC(=O)CCCC(=O)OCc2ccccc2)C(=O)NCCCNC(=O)CCCCCOC2OC(COC(C)=O)C(OC(C)=O)C(OC(C)=O)C2NC(C)=O)OC(COC(C)=O)C(OC(C)=O)C1OC(C)=O. The van der Waals surface area contributed by atoms with Crippen molar-refractivity contribution in [2.75, 3.05) is 92.0 Å². The lowest BCUT2D eigenvalue weighted by Gasteiger charge is -2.44. The second-order valence-corrected chi connectivity index (χ2v) is 33.0. The molecule has 4 rings (SSSR count). The van der Waals surface area contributed by atoms with Crippen molar-refractivity contribution in [3.05, 3.63) is 35.9 Å². The number of nitrogens with one attached hydrogen (secondary N) is 10. The zero-order valence-electron chi connectivity index (χ0n) is 80.9. The molecule has 776 valence electrons. The quantitative estimate of drug-likeness (QED) is 0.0139. The molecule has 3 aliphatic rings. The molecular weight excluding hydrogens is 1820 g/mol. The van der Waals surface area contributed by atoms with Crippen molar-refractivity contribution < 1.29 is 172 Å². The van der Waals surface area contributed by atoms with Crippen LogP contribution in [0, 0.1) is 0 Å². The van der Waals surface area contributed by atoms with Crippen LogP contribution in [0.1, 0.15) is 223 Å². The molecule has 0 spiro atoms. The van der Waals surface area contributed by atoms with Gasteiger partial charge in [-0.3, -0.25) is 101 Å². The summed E-state index contributed by atoms with van der Waals surface area (Å²) in [7, 11) is 0. The molecule has 47 heteroatoms. The summed E-state index contributed by atoms with van der Waals surface area (Å²) in [5, 5.41) is 28.1. The van der Waals surface area contributed by atoms with E-state index in [0.29, 0.717) is 70.5 Å². The molecule has 10 N–H and O–H groups in total. The number of esters is 10. The first kappa shape index (κ1) is 119. The van der Waals surface area contributed by atoms with Gasteiger partial charge in [-0.15, -0.1) is 0 Å². The molecule has 0 radical (unpaired) electrons. The highest BCUT2D eigenvalue weighted by Gasteiger charge is 2.55. The van der Waals surface area contributed by atoms with Crippen molar-refractivity contribution in [2.45, 2.75) is 329 Å². The number of nitrogens with zero attached hydrogens (tertiary/aromatic N) is 1. The summed E-state index contributed by atoms with van der Waals surface area (Å²) in [5.41, 5.74) is 0.801. The van der Waals surface area contributed by atoms with E-state index in [9.17, 15) is 95.9 Å². The lowest BCUT2D eigenvalue weighted by Crippen LogP contribution is -2.66. The summed E-state index contributed by atoms with van der Waals surface area (Å²) >= 11 is 0. The highest BCUT2D eigenvalue weighted by Crippen LogP contribution is 2.32. The van der Waals surface area contributed by atoms with E-state index in [1.807, 2.05) is 30.3 Å². The number of rotatable bonds is 66. The molecule has 0 aromatic heterocycles. The molecule has 3 aliphatic heterocycles. The fourth-order valence-electron chi connectivity index (χ4n) is 14.9. The van der Waals surface area contributed by atoms with Crippen LogP contribution in [0.2, 0.25) is 0 Å². The van der Waals surface area contributed by atoms with E-state index in [0.717, 1.165) is 67.9 Å². The molecule has 1 aromatic rings. The Morgan fingerprint density at radius 1 is 0.341 bits per heavy atom. The average Bonchev–Trinajstić information content (AvgIpc) is 0.795. The van der Waals surface area contributed by atoms with Gasteiger partial charge >= 0.3 is 59.7 Å². The Morgan fingerprint density at radius 2 is 0.667 bits per heavy atom. The second kappa shape index (κ2) is 66.9. The Balaban J connectivity index is 1.46. The van der Waals surface area contributed by atoms with Gasteiger partial charge in [0.15, 0.2) is 61.8 Å². The first-order valence-electron chi connectivity index (χ1n) is 46.6. The maximum Gasteiger partial charge on any atom is 0.306 e. The van der Waals surface area contributed by atoms with Gasteiger partial charge in [0.1, 0.15) is 69.0 Å². The van der Waals surface area contributed by atoms with Gasteiger partial charge < -0.3 is 128 Å². The number of carbonyl (C=O) groups excluding carboxylic acids is 20. The maximum atomic E-state index is 14.8. The number of benzene rings is 1. The Labute approximate surface area is 802 Å². The van der Waals surface area contributed by atoms with Crippen LogP contribution in [0.3, 0.4) is 0 Å². The normalized spacial score (nSPS) is 21.3. The number of aldehydes is 1. The molecule has 0 saturated carbocycles. The van der Waals surface area contributed by atoms with Gasteiger partial charge in [0.2, 0.25) is 53.2 Å². The van der Waals surface area contributed by atoms with Gasteiger partial charge in [0.25, 0.3) is 0 Å². The second-order valence-electron chi connectivity index (χ2n) is 33.0. The van der Waals surface area contributed by atoms with E-state index < -0.39 is 220 Å². The number of amides is 9. The van der Waals surface area contributed by atoms with Crippen molar-refractivity contribution >= 4 is 119 Å². The highest BCUT2D eigenvalue weighted by atomic mass is 16.7. The summed E-state index contributed by atoms with van der Waals surface area (Å²) in [4.78, 5) is 255. The minimum Gasteiger partial charge on any atom is -0.463 e. The zero-order valence-corrected chi connectivity index (χ0v) is 80.9. The van der Waals surface area contributed by atoms with Crippen LogP contribution >= 0.6 is 0 Å². The molecule has 3 heterocycles. The molecule has 0 bridgehead atoms. The lowest BCUT2D eigenvalue weighted by molar-refractivity contribution is -0.277. The van der Waals surface area contributed by atoms with Gasteiger partial charge in [-0.2, -0.15) is 0 Å². The van der Waals surface area contributed by atoms with Crippen molar-refractivity contribution in [3.8, 4) is 0 Å². The zero-order chi connectivity index (χ0) is 102. The molecule has 47 nitrogen and oxygen atoms in total. The third-order valence-electron chi connectivity index (χ3n) is 21.0. The molecule has 1 aromatic carbocycles. The minimum absolute atomic E-state index is 0.00247. The first-order valence-corrected chi connectivity index (χ1v) is 46.6. The van der Waals surface area contributed by atoms with Crippen molar-refractivity contribution in [3.63, 3.8) is 0 Å². The molecular formula is C91H141N11O36. The fourth-order valence-corrected chi connectivity index (χ4v) is 14.9. The number of ether oxygens (including phenoxy) is 16. The van der Waals surface area contributed by atoms with E-state index in [4.69, 9.17) is 75.8 Å². The predicted molar refractivity (Wildman–Crippen MR) is 479 cm³/mol. The van der Waals surface area contributed by atoms with Crippen molar-refractivity contribution in [1.82, 2.24) is 58.1 Å². The minimum atomic E-state index is -1.33. The van der Waals surface area contributed by atoms with Crippen molar-refractivity contribution in [1.29, 1.82) is 0 Å². The fraction of sp³-hybridized carbons (Fsp3) is 0.714. The molecule has 9 amide bonds. The van der Waals surface area contributed by atoms with Crippen LogP contribution < -0.4 is 53.2 Å². The Bertz CT molecular complexity index is 4070. The monoisotopic (exact) mass is 1960 g/mol. The standard InChI is InChI=1S/C91H141N11O36/c1-55(104)99-79-85(133-64(10)113)82(130-61(7)110)69(52-126-58(4)107)136-89(79)123-46-24-14-19-34-73(116)94-41-28-40-92-72(50-103)102(49-77(120)97-44-29-42-95-74(117)35-20-15-25-47-124-90-80(100-56(2)105)86(134-65(11)114)83(131-62(8)111)70(137-90)53-127-59(5)108)68(33-22-23-39-93-76(119)37-27-38-78(121)129-51-67-31-17-13-18-32-67)88(122)98-45-30-43-96-75(118)36-21-16-26-48-125-91-81(101-57(3)106)87(135-66(12)115)84(132-63(9)112)71(138-91)54-128-60(6)109/h13,17-18,31-32,50,68-72,79-87,89-92H,14-16,19-30,33-49,51-54H2,1-12H3,(H,93,119)(H,94,116)(H,95,117)(H,96,118)(H,97,120)(H,98,122)(H,99,104)(H,100,105)(H,101,106). The molecule has 17 atom stereocenters. The van der Waals surface area contributed by atoms with E-state index >= 15 is 0 Å². The number of hydrogen-bond donors (Lipinski definition) is 10. The largest absolute Gasteiger partial charge is 0.463 e. The Hall–Kier alpha value is -11.5. The average molecular weight is 1970 g/mol. The van der Waals surface area contributed by atoms with Crippen molar-refractivity contribution in [2.24, 2.45) is 0 Å². The van der Waals surface area contributed by atoms with Gasteiger partial charge in [-0.1, -0.05) is 49.6 Å². The van der Waals surface area contributed by atoms with Gasteiger partial charge in [0, 0.05) is 174 Å². The van der Waals surface area contributed by atoms with Crippen LogP contribution in [-0.2, 0) is 178 Å². The van der Waals surface area contributed by atoms with Crippen LogP contribution in [0.25, 0.3) is 0 Å². The summed E-state index contributed by atoms with van der Waals surface area (Å²) in [6, 6.07) is 4.33. The van der Waals surface area contributed by atoms with E-state index in [1.165, 1.54) is 25.7 Å². The molecule has 138 heavy (non-hydrogen) atoms. The topological polar surface area (TPSA) is 613 Å². The summed E-state index contributed by atoms with van der Waals surface area (Å²) in [6.45, 7) is 12.6. The van der Waals surface area contributed by atoms with Crippen LogP contribution in [-0.4, -0.2) is 320 Å². The summed E-state index contributed by atoms with van der Waals surface area (Å²) in [5.74, 6) is -11.4. The summed E-state index contributed by atoms with van der Waals surface area (Å²) in [6.07, 6.45) is -10.8. The molecule has 17 unspecified atom stereocenters. The number of carbonyl (C=O) groups is 20. The van der Waals surface area contributed by atoms with E-state index in [2.05, 4.69) is 53.2 Å². The Morgan fingerprint density at radius 3 is 1.01 bits per heavy atom. The smallest absolute Gasteiger partial charge is 0.306 e. The van der Waals surface area contributed by atoms with E-state index in [1.54, 1.807) is 0 Å². The lowest BCUT2D eigenvalue weighted by atomic mass is 9.96. The van der Waals surface area contributed by atoms with Gasteiger partial charge in [-0.05, 0) is 95.6 Å². The molecule has 3 fully saturated rings.